The Hall–Kier alpha value is -1.60. The molecule has 0 aromatic carbocycles. The second-order valence-corrected chi connectivity index (χ2v) is 4.90. The monoisotopic (exact) mass is 263 g/mol. The molecule has 1 amide bonds. The van der Waals surface area contributed by atoms with Crippen molar-refractivity contribution in [1.29, 1.82) is 0 Å². The highest BCUT2D eigenvalue weighted by Gasteiger charge is 2.34. The number of hydrogen-bond donors (Lipinski definition) is 2. The van der Waals surface area contributed by atoms with E-state index in [1.165, 1.54) is 16.9 Å². The van der Waals surface area contributed by atoms with E-state index in [2.05, 4.69) is 5.43 Å². The van der Waals surface area contributed by atoms with Gasteiger partial charge in [0.1, 0.15) is 0 Å². The van der Waals surface area contributed by atoms with Gasteiger partial charge in [0.05, 0.1) is 6.04 Å². The number of carbonyl (C=O) groups excluding carboxylic acids is 1. The molecule has 2 rings (SSSR count). The largest absolute Gasteiger partial charge is 0.437 e. The maximum Gasteiger partial charge on any atom is 0.377 e. The lowest BCUT2D eigenvalue weighted by molar-refractivity contribution is -0.120. The number of nitrogens with zero attached hydrogens (tertiary/aromatic N) is 2. The van der Waals surface area contributed by atoms with Crippen molar-refractivity contribution in [3.8, 4) is 0 Å². The van der Waals surface area contributed by atoms with Gasteiger partial charge in [-0.25, -0.2) is 0 Å². The molecule has 1 aliphatic rings. The normalized spacial score (nSPS) is 19.4. The summed E-state index contributed by atoms with van der Waals surface area (Å²) in [5.41, 5.74) is 3.24. The first-order valence-electron chi connectivity index (χ1n) is 6.42. The zero-order valence-corrected chi connectivity index (χ0v) is 11.2. The molecule has 1 saturated heterocycles. The number of aryl methyl sites for hydroxylation is 1. The fraction of sp³-hybridized carbons (Fsp3) is 0.500. The second-order valence-electron chi connectivity index (χ2n) is 4.90. The van der Waals surface area contributed by atoms with Crippen molar-refractivity contribution >= 4 is 13.0 Å². The van der Waals surface area contributed by atoms with Gasteiger partial charge < -0.3 is 9.83 Å². The molecule has 1 fully saturated rings. The summed E-state index contributed by atoms with van der Waals surface area (Å²) in [5.74, 6) is -0.165. The molecule has 1 aromatic heterocycles. The van der Waals surface area contributed by atoms with Crippen molar-refractivity contribution < 1.29 is 9.82 Å². The molecule has 6 nitrogen and oxygen atoms in total. The van der Waals surface area contributed by atoms with Crippen molar-refractivity contribution in [3.05, 3.63) is 34.2 Å². The number of carbonyl (C=O) groups is 1. The summed E-state index contributed by atoms with van der Waals surface area (Å²) >= 11 is 0. The molecule has 1 aromatic rings. The van der Waals surface area contributed by atoms with E-state index in [-0.39, 0.29) is 17.4 Å². The van der Waals surface area contributed by atoms with E-state index in [0.717, 1.165) is 19.4 Å². The third-order valence-electron chi connectivity index (χ3n) is 3.42. The van der Waals surface area contributed by atoms with Crippen LogP contribution in [0, 0.1) is 6.92 Å². The minimum atomic E-state index is -0.631. The molecular formula is C12H18BN3O3. The predicted octanol–water partition coefficient (Wildman–Crippen LogP) is -0.198. The maximum absolute atomic E-state index is 12.2. The molecular weight excluding hydrogens is 245 g/mol. The lowest BCUT2D eigenvalue weighted by atomic mass is 9.84. The van der Waals surface area contributed by atoms with E-state index in [1.54, 1.807) is 24.8 Å². The van der Waals surface area contributed by atoms with Gasteiger partial charge in [-0.1, -0.05) is 0 Å². The van der Waals surface area contributed by atoms with Gasteiger partial charge in [0.15, 0.2) is 5.43 Å². The van der Waals surface area contributed by atoms with Crippen LogP contribution in [0.25, 0.3) is 0 Å². The Balaban J connectivity index is 2.08. The highest BCUT2D eigenvalue weighted by atomic mass is 16.2. The van der Waals surface area contributed by atoms with Gasteiger partial charge in [0.25, 0.3) is 5.91 Å². The summed E-state index contributed by atoms with van der Waals surface area (Å²) in [7, 11) is -0.631. The molecule has 7 heteroatoms. The third-order valence-corrected chi connectivity index (χ3v) is 3.42. The Morgan fingerprint density at radius 1 is 1.58 bits per heavy atom. The summed E-state index contributed by atoms with van der Waals surface area (Å²) in [4.78, 5) is 25.2. The van der Waals surface area contributed by atoms with Gasteiger partial charge >= 0.3 is 7.05 Å². The zero-order chi connectivity index (χ0) is 14.0. The maximum atomic E-state index is 12.2. The van der Waals surface area contributed by atoms with Crippen molar-refractivity contribution in [2.75, 3.05) is 12.0 Å². The van der Waals surface area contributed by atoms with Crippen LogP contribution in [0.4, 0.5) is 0 Å². The molecule has 0 bridgehead atoms. The number of rotatable bonds is 3. The van der Waals surface area contributed by atoms with Crippen molar-refractivity contribution in [2.45, 2.75) is 32.6 Å². The van der Waals surface area contributed by atoms with Crippen molar-refractivity contribution in [2.24, 2.45) is 0 Å². The smallest absolute Gasteiger partial charge is 0.377 e. The average Bonchev–Trinajstić information content (AvgIpc) is 2.83. The van der Waals surface area contributed by atoms with Gasteiger partial charge in [-0.15, -0.1) is 0 Å². The van der Waals surface area contributed by atoms with Crippen LogP contribution in [0.5, 0.6) is 0 Å². The predicted molar refractivity (Wildman–Crippen MR) is 73.4 cm³/mol. The molecule has 0 aliphatic carbocycles. The van der Waals surface area contributed by atoms with E-state index in [1.807, 2.05) is 0 Å². The number of aromatic nitrogens is 1. The second kappa shape index (κ2) is 5.58. The first-order valence-corrected chi connectivity index (χ1v) is 6.42. The van der Waals surface area contributed by atoms with Crippen LogP contribution in [-0.4, -0.2) is 40.1 Å². The Morgan fingerprint density at radius 2 is 2.32 bits per heavy atom. The number of hydrogen-bond acceptors (Lipinski definition) is 4. The first-order chi connectivity index (χ1) is 8.99. The zero-order valence-electron chi connectivity index (χ0n) is 11.2. The van der Waals surface area contributed by atoms with Gasteiger partial charge in [-0.2, -0.15) is 0 Å². The molecule has 0 radical (unpaired) electrons. The average molecular weight is 263 g/mol. The lowest BCUT2D eigenvalue weighted by Crippen LogP contribution is -2.48. The van der Waals surface area contributed by atoms with Crippen LogP contribution in [0.3, 0.4) is 0 Å². The lowest BCUT2D eigenvalue weighted by Gasteiger charge is -2.24. The van der Waals surface area contributed by atoms with Crippen molar-refractivity contribution in [1.82, 2.24) is 9.49 Å². The Labute approximate surface area is 112 Å². The van der Waals surface area contributed by atoms with Crippen LogP contribution in [0.1, 0.15) is 18.4 Å². The minimum absolute atomic E-state index is 0.0584. The molecule has 1 atom stereocenters. The highest BCUT2D eigenvalue weighted by molar-refractivity contribution is 6.45. The molecule has 2 heterocycles. The van der Waals surface area contributed by atoms with E-state index in [0.29, 0.717) is 5.56 Å². The number of nitrogens with one attached hydrogen (secondary N) is 1. The summed E-state index contributed by atoms with van der Waals surface area (Å²) in [5, 5.41) is 9.62. The Morgan fingerprint density at radius 3 is 2.95 bits per heavy atom. The van der Waals surface area contributed by atoms with Crippen LogP contribution in [0.15, 0.2) is 23.3 Å². The SMILES string of the molecule is CB(O)N1CCC[C@@H]1C(=O)Nn1ccc(=O)c(C)c1. The van der Waals surface area contributed by atoms with Crippen LogP contribution in [-0.2, 0) is 4.79 Å². The van der Waals surface area contributed by atoms with Crippen LogP contribution in [0.2, 0.25) is 6.82 Å². The molecule has 19 heavy (non-hydrogen) atoms. The summed E-state index contributed by atoms with van der Waals surface area (Å²) in [6.45, 7) is 4.08. The summed E-state index contributed by atoms with van der Waals surface area (Å²) in [6, 6.07) is 1.09. The van der Waals surface area contributed by atoms with E-state index < -0.39 is 7.05 Å². The standard InChI is InChI=1S/C12H18BN3O3/c1-9-8-15(7-5-11(9)17)14-12(18)10-4-3-6-16(10)13(2)19/h5,7-8,10,19H,3-4,6H2,1-2H3,(H,14,18)/t10-/m1/s1. The number of pyridine rings is 1. The Bertz CT molecular complexity index is 529. The Kier molecular flexibility index (Phi) is 4.06. The molecule has 0 saturated carbocycles. The van der Waals surface area contributed by atoms with E-state index in [9.17, 15) is 14.6 Å². The molecule has 0 unspecified atom stereocenters. The van der Waals surface area contributed by atoms with Gasteiger partial charge in [0, 0.05) is 24.0 Å². The summed E-state index contributed by atoms with van der Waals surface area (Å²) < 4.78 is 1.48. The topological polar surface area (TPSA) is 74.6 Å². The van der Waals surface area contributed by atoms with Gasteiger partial charge in [-0.05, 0) is 33.1 Å². The third kappa shape index (κ3) is 3.05. The number of amides is 1. The first kappa shape index (κ1) is 13.8. The van der Waals surface area contributed by atoms with Gasteiger partial charge in [-0.3, -0.25) is 19.7 Å². The van der Waals surface area contributed by atoms with E-state index >= 15 is 0 Å². The molecule has 2 N–H and O–H groups in total. The minimum Gasteiger partial charge on any atom is -0.437 e. The van der Waals surface area contributed by atoms with Crippen LogP contribution < -0.4 is 10.9 Å². The molecule has 0 spiro atoms. The van der Waals surface area contributed by atoms with Crippen LogP contribution >= 0.6 is 0 Å². The van der Waals surface area contributed by atoms with E-state index in [4.69, 9.17) is 0 Å². The quantitative estimate of drug-likeness (QED) is 0.741. The highest BCUT2D eigenvalue weighted by Crippen LogP contribution is 2.18. The van der Waals surface area contributed by atoms with Crippen molar-refractivity contribution in [3.63, 3.8) is 0 Å². The fourth-order valence-corrected chi connectivity index (χ4v) is 2.38. The summed E-state index contributed by atoms with van der Waals surface area (Å²) in [6.07, 6.45) is 4.74. The molecule has 1 aliphatic heterocycles. The molecule has 102 valence electrons. The van der Waals surface area contributed by atoms with Gasteiger partial charge in [0.2, 0.25) is 0 Å². The fourth-order valence-electron chi connectivity index (χ4n) is 2.38.